The Bertz CT molecular complexity index is 957. The summed E-state index contributed by atoms with van der Waals surface area (Å²) in [6.07, 6.45) is 5.84. The van der Waals surface area contributed by atoms with E-state index >= 15 is 0 Å². The molecule has 154 valence electrons. The van der Waals surface area contributed by atoms with E-state index in [9.17, 15) is 9.18 Å². The molecule has 2 aromatic rings. The van der Waals surface area contributed by atoms with Crippen molar-refractivity contribution >= 4 is 45.3 Å². The number of aryl methyl sites for hydroxylation is 2. The number of halogens is 1. The molecule has 1 N–H and O–H groups in total. The smallest absolute Gasteiger partial charge is 0.341 e. The number of fused-ring (bicyclic) bond motifs is 2. The monoisotopic (exact) mass is 432 g/mol. The van der Waals surface area contributed by atoms with Gasteiger partial charge in [0.25, 0.3) is 0 Å². The van der Waals surface area contributed by atoms with Crippen molar-refractivity contribution in [2.75, 3.05) is 16.8 Å². The van der Waals surface area contributed by atoms with Gasteiger partial charge in [0.15, 0.2) is 5.11 Å². The maximum atomic E-state index is 13.7. The Balaban J connectivity index is 1.67. The van der Waals surface area contributed by atoms with Crippen molar-refractivity contribution in [3.05, 3.63) is 45.6 Å². The van der Waals surface area contributed by atoms with Gasteiger partial charge in [-0.3, -0.25) is 0 Å². The van der Waals surface area contributed by atoms with Crippen molar-refractivity contribution < 1.29 is 13.9 Å². The first-order valence-electron chi connectivity index (χ1n) is 10.2. The highest BCUT2D eigenvalue weighted by Crippen LogP contribution is 2.39. The maximum absolute atomic E-state index is 13.7. The lowest BCUT2D eigenvalue weighted by atomic mass is 9.95. The van der Waals surface area contributed by atoms with Crippen LogP contribution in [0.1, 0.15) is 59.5 Å². The zero-order valence-corrected chi connectivity index (χ0v) is 18.4. The number of rotatable bonds is 3. The Morgan fingerprint density at radius 2 is 2.14 bits per heavy atom. The summed E-state index contributed by atoms with van der Waals surface area (Å²) in [5.41, 5.74) is 3.64. The highest BCUT2D eigenvalue weighted by atomic mass is 32.1. The third-order valence-corrected chi connectivity index (χ3v) is 7.17. The first kappa shape index (κ1) is 20.3. The van der Waals surface area contributed by atoms with E-state index in [-0.39, 0.29) is 17.8 Å². The fourth-order valence-electron chi connectivity index (χ4n) is 4.26. The van der Waals surface area contributed by atoms with Crippen LogP contribution in [0.15, 0.2) is 18.2 Å². The number of nitrogens with one attached hydrogen (secondary N) is 1. The van der Waals surface area contributed by atoms with Gasteiger partial charge in [-0.15, -0.1) is 11.3 Å². The SMILES string of the molecule is CCOC(=O)c1c(NC(=S)N2c3ccc(F)cc3CCC2C)sc2c1CCCC2. The van der Waals surface area contributed by atoms with Crippen molar-refractivity contribution in [1.82, 2.24) is 0 Å². The molecule has 2 aliphatic rings. The normalized spacial score (nSPS) is 18.0. The number of ether oxygens (including phenoxy) is 1. The Morgan fingerprint density at radius 1 is 1.34 bits per heavy atom. The summed E-state index contributed by atoms with van der Waals surface area (Å²) in [4.78, 5) is 16.0. The third kappa shape index (κ3) is 3.90. The van der Waals surface area contributed by atoms with E-state index in [1.54, 1.807) is 23.5 Å². The lowest BCUT2D eigenvalue weighted by Crippen LogP contribution is -2.44. The molecule has 1 atom stereocenters. The topological polar surface area (TPSA) is 41.6 Å². The van der Waals surface area contributed by atoms with Crippen LogP contribution in [0, 0.1) is 5.82 Å². The van der Waals surface area contributed by atoms with Crippen molar-refractivity contribution in [2.45, 2.75) is 58.4 Å². The van der Waals surface area contributed by atoms with Crippen molar-refractivity contribution in [3.63, 3.8) is 0 Å². The van der Waals surface area contributed by atoms with E-state index in [2.05, 4.69) is 12.2 Å². The summed E-state index contributed by atoms with van der Waals surface area (Å²) in [5, 5.41) is 4.65. The van der Waals surface area contributed by atoms with E-state index in [1.807, 2.05) is 11.8 Å². The molecule has 0 radical (unpaired) electrons. The highest BCUT2D eigenvalue weighted by molar-refractivity contribution is 7.80. The van der Waals surface area contributed by atoms with Crippen LogP contribution < -0.4 is 10.2 Å². The van der Waals surface area contributed by atoms with Crippen molar-refractivity contribution in [2.24, 2.45) is 0 Å². The largest absolute Gasteiger partial charge is 0.462 e. The number of nitrogens with zero attached hydrogens (tertiary/aromatic N) is 1. The van der Waals surface area contributed by atoms with E-state index in [1.165, 1.54) is 10.9 Å². The Kier molecular flexibility index (Phi) is 5.88. The van der Waals surface area contributed by atoms with Gasteiger partial charge in [-0.25, -0.2) is 9.18 Å². The predicted octanol–water partition coefficient (Wildman–Crippen LogP) is 5.48. The maximum Gasteiger partial charge on any atom is 0.341 e. The second-order valence-electron chi connectivity index (χ2n) is 7.60. The number of thiocarbonyl (C=S) groups is 1. The molecule has 29 heavy (non-hydrogen) atoms. The molecule has 1 aromatic heterocycles. The summed E-state index contributed by atoms with van der Waals surface area (Å²) in [5.74, 6) is -0.515. The number of carbonyl (C=O) groups is 1. The molecule has 0 spiro atoms. The van der Waals surface area contributed by atoms with Crippen LogP contribution in [-0.4, -0.2) is 23.7 Å². The van der Waals surface area contributed by atoms with Gasteiger partial charge in [0, 0.05) is 16.6 Å². The highest BCUT2D eigenvalue weighted by Gasteiger charge is 2.30. The molecular weight excluding hydrogens is 407 g/mol. The van der Waals surface area contributed by atoms with Crippen LogP contribution in [0.5, 0.6) is 0 Å². The van der Waals surface area contributed by atoms with Crippen LogP contribution in [0.2, 0.25) is 0 Å². The average Bonchev–Trinajstić information content (AvgIpc) is 3.05. The quantitative estimate of drug-likeness (QED) is 0.514. The molecule has 0 saturated heterocycles. The average molecular weight is 433 g/mol. The number of thiophene rings is 1. The molecular formula is C22H25FN2O2S2. The Labute approximate surface area is 180 Å². The van der Waals surface area contributed by atoms with Gasteiger partial charge in [0.2, 0.25) is 0 Å². The Hall–Kier alpha value is -1.99. The van der Waals surface area contributed by atoms with E-state index < -0.39 is 0 Å². The molecule has 0 saturated carbocycles. The summed E-state index contributed by atoms with van der Waals surface area (Å²) in [6.45, 7) is 4.28. The fraction of sp³-hybridized carbons (Fsp3) is 0.455. The molecule has 1 aliphatic carbocycles. The number of hydrogen-bond acceptors (Lipinski definition) is 4. The van der Waals surface area contributed by atoms with Gasteiger partial charge in [0.05, 0.1) is 12.2 Å². The minimum atomic E-state index is -0.286. The number of anilines is 2. The van der Waals surface area contributed by atoms with Gasteiger partial charge < -0.3 is 15.0 Å². The van der Waals surface area contributed by atoms with Gasteiger partial charge >= 0.3 is 5.97 Å². The zero-order chi connectivity index (χ0) is 20.5. The number of benzene rings is 1. The Morgan fingerprint density at radius 3 is 2.93 bits per heavy atom. The molecule has 0 amide bonds. The van der Waals surface area contributed by atoms with E-state index in [0.717, 1.165) is 60.3 Å². The lowest BCUT2D eigenvalue weighted by Gasteiger charge is -2.37. The first-order valence-corrected chi connectivity index (χ1v) is 11.4. The van der Waals surface area contributed by atoms with Gasteiger partial charge in [-0.05, 0) is 93.9 Å². The molecule has 7 heteroatoms. The first-order chi connectivity index (χ1) is 14.0. The van der Waals surface area contributed by atoms with Gasteiger partial charge in [-0.2, -0.15) is 0 Å². The summed E-state index contributed by atoms with van der Waals surface area (Å²) in [6, 6.07) is 5.04. The summed E-state index contributed by atoms with van der Waals surface area (Å²) in [7, 11) is 0. The molecule has 1 aromatic carbocycles. The fourth-order valence-corrected chi connectivity index (χ4v) is 5.98. The van der Waals surface area contributed by atoms with Gasteiger partial charge in [0.1, 0.15) is 10.8 Å². The molecule has 0 fully saturated rings. The van der Waals surface area contributed by atoms with Crippen molar-refractivity contribution in [3.8, 4) is 0 Å². The van der Waals surface area contributed by atoms with Gasteiger partial charge in [-0.1, -0.05) is 0 Å². The molecule has 1 unspecified atom stereocenters. The number of carbonyl (C=O) groups excluding carboxylic acids is 1. The minimum absolute atomic E-state index is 0.189. The molecule has 4 nitrogen and oxygen atoms in total. The van der Waals surface area contributed by atoms with E-state index in [0.29, 0.717) is 17.3 Å². The van der Waals surface area contributed by atoms with Crippen molar-refractivity contribution in [1.29, 1.82) is 0 Å². The number of esters is 1. The molecule has 4 rings (SSSR count). The van der Waals surface area contributed by atoms with Crippen LogP contribution in [-0.2, 0) is 24.0 Å². The standard InChI is InChI=1S/C22H25FN2O2S2/c1-3-27-21(26)19-16-6-4-5-7-18(16)29-20(19)24-22(28)25-13(2)8-9-14-12-15(23)10-11-17(14)25/h10-13H,3-9H2,1-2H3,(H,24,28). The summed E-state index contributed by atoms with van der Waals surface area (Å²) < 4.78 is 19.0. The third-order valence-electron chi connectivity index (χ3n) is 5.66. The number of hydrogen-bond donors (Lipinski definition) is 1. The zero-order valence-electron chi connectivity index (χ0n) is 16.7. The molecule has 1 aliphatic heterocycles. The van der Waals surface area contributed by atoms with Crippen LogP contribution in [0.25, 0.3) is 0 Å². The second kappa shape index (κ2) is 8.40. The second-order valence-corrected chi connectivity index (χ2v) is 9.09. The minimum Gasteiger partial charge on any atom is -0.462 e. The molecule has 0 bridgehead atoms. The van der Waals surface area contributed by atoms with Crippen LogP contribution in [0.3, 0.4) is 0 Å². The molecule has 2 heterocycles. The lowest BCUT2D eigenvalue weighted by molar-refractivity contribution is 0.0526. The summed E-state index contributed by atoms with van der Waals surface area (Å²) >= 11 is 7.38. The van der Waals surface area contributed by atoms with Crippen LogP contribution >= 0.6 is 23.6 Å². The van der Waals surface area contributed by atoms with E-state index in [4.69, 9.17) is 17.0 Å². The van der Waals surface area contributed by atoms with Crippen LogP contribution in [0.4, 0.5) is 15.1 Å². The predicted molar refractivity (Wildman–Crippen MR) is 120 cm³/mol.